The monoisotopic (exact) mass is 352 g/mol. The summed E-state index contributed by atoms with van der Waals surface area (Å²) in [7, 11) is 3.57. The molecule has 1 unspecified atom stereocenters. The zero-order valence-electron chi connectivity index (χ0n) is 12.1. The van der Waals surface area contributed by atoms with E-state index in [1.807, 2.05) is 31.3 Å². The molecule has 0 bridgehead atoms. The smallest absolute Gasteiger partial charge is 0.321 e. The SMILES string of the molecule is CCOC(=O)C(c1cccc(Br)c1)c1nnc(NC)n1C. The van der Waals surface area contributed by atoms with Crippen molar-refractivity contribution < 1.29 is 9.53 Å². The zero-order valence-corrected chi connectivity index (χ0v) is 13.7. The number of halogens is 1. The van der Waals surface area contributed by atoms with Gasteiger partial charge in [0.1, 0.15) is 5.92 Å². The lowest BCUT2D eigenvalue weighted by molar-refractivity contribution is -0.144. The molecule has 0 amide bonds. The predicted molar refractivity (Wildman–Crippen MR) is 83.2 cm³/mol. The van der Waals surface area contributed by atoms with Crippen LogP contribution in [0.15, 0.2) is 28.7 Å². The molecule has 0 spiro atoms. The van der Waals surface area contributed by atoms with Gasteiger partial charge in [0.15, 0.2) is 5.82 Å². The third-order valence-corrected chi connectivity index (χ3v) is 3.59. The van der Waals surface area contributed by atoms with E-state index in [9.17, 15) is 4.79 Å². The van der Waals surface area contributed by atoms with Gasteiger partial charge in [-0.2, -0.15) is 0 Å². The van der Waals surface area contributed by atoms with Crippen LogP contribution in [0.2, 0.25) is 0 Å². The summed E-state index contributed by atoms with van der Waals surface area (Å²) in [5.41, 5.74) is 0.806. The largest absolute Gasteiger partial charge is 0.465 e. The average molecular weight is 353 g/mol. The van der Waals surface area contributed by atoms with Crippen molar-refractivity contribution >= 4 is 27.8 Å². The number of nitrogens with zero attached hydrogens (tertiary/aromatic N) is 3. The van der Waals surface area contributed by atoms with Crippen LogP contribution in [-0.4, -0.2) is 34.4 Å². The van der Waals surface area contributed by atoms with Crippen LogP contribution in [0, 0.1) is 0 Å². The van der Waals surface area contributed by atoms with Crippen LogP contribution < -0.4 is 5.32 Å². The molecule has 0 aliphatic heterocycles. The van der Waals surface area contributed by atoms with Crippen LogP contribution in [0.3, 0.4) is 0 Å². The number of aromatic nitrogens is 3. The molecule has 1 aromatic heterocycles. The number of benzene rings is 1. The quantitative estimate of drug-likeness (QED) is 0.836. The lowest BCUT2D eigenvalue weighted by Crippen LogP contribution is -2.21. The normalized spacial score (nSPS) is 12.0. The van der Waals surface area contributed by atoms with Gasteiger partial charge in [0.2, 0.25) is 5.95 Å². The number of nitrogens with one attached hydrogen (secondary N) is 1. The molecule has 1 heterocycles. The molecule has 0 aliphatic rings. The molecule has 1 atom stereocenters. The number of hydrogen-bond donors (Lipinski definition) is 1. The summed E-state index contributed by atoms with van der Waals surface area (Å²) >= 11 is 3.42. The molecule has 1 N–H and O–H groups in total. The van der Waals surface area contributed by atoms with Crippen molar-refractivity contribution in [1.82, 2.24) is 14.8 Å². The second-order valence-electron chi connectivity index (χ2n) is 4.43. The fourth-order valence-electron chi connectivity index (χ4n) is 2.11. The molecule has 2 aromatic rings. The molecule has 0 saturated heterocycles. The van der Waals surface area contributed by atoms with Crippen LogP contribution in [-0.2, 0) is 16.6 Å². The topological polar surface area (TPSA) is 69.0 Å². The van der Waals surface area contributed by atoms with Gasteiger partial charge in [-0.15, -0.1) is 10.2 Å². The van der Waals surface area contributed by atoms with Crippen LogP contribution >= 0.6 is 15.9 Å². The van der Waals surface area contributed by atoms with Crippen molar-refractivity contribution in [2.75, 3.05) is 19.0 Å². The Morgan fingerprint density at radius 3 is 2.81 bits per heavy atom. The molecule has 0 aliphatic carbocycles. The maximum absolute atomic E-state index is 12.4. The molecule has 112 valence electrons. The first kappa shape index (κ1) is 15.5. The highest BCUT2D eigenvalue weighted by Gasteiger charge is 2.29. The van der Waals surface area contributed by atoms with Crippen LogP contribution in [0.25, 0.3) is 0 Å². The zero-order chi connectivity index (χ0) is 15.4. The van der Waals surface area contributed by atoms with Crippen molar-refractivity contribution in [2.24, 2.45) is 7.05 Å². The Balaban J connectivity index is 2.50. The molecule has 21 heavy (non-hydrogen) atoms. The van der Waals surface area contributed by atoms with Crippen LogP contribution in [0.1, 0.15) is 24.2 Å². The number of carbonyl (C=O) groups is 1. The minimum absolute atomic E-state index is 0.320. The van der Waals surface area contributed by atoms with E-state index in [4.69, 9.17) is 4.74 Å². The van der Waals surface area contributed by atoms with E-state index < -0.39 is 5.92 Å². The Kier molecular flexibility index (Phi) is 4.95. The Hall–Kier alpha value is -1.89. The first-order chi connectivity index (χ1) is 10.1. The number of rotatable bonds is 5. The van der Waals surface area contributed by atoms with Crippen molar-refractivity contribution in [3.63, 3.8) is 0 Å². The van der Waals surface area contributed by atoms with E-state index in [1.54, 1.807) is 18.5 Å². The summed E-state index contributed by atoms with van der Waals surface area (Å²) in [4.78, 5) is 12.4. The highest BCUT2D eigenvalue weighted by molar-refractivity contribution is 9.10. The molecule has 0 saturated carbocycles. The second kappa shape index (κ2) is 6.71. The summed E-state index contributed by atoms with van der Waals surface area (Å²) in [6, 6.07) is 7.54. The third kappa shape index (κ3) is 3.24. The van der Waals surface area contributed by atoms with E-state index >= 15 is 0 Å². The molecule has 1 aromatic carbocycles. The highest BCUT2D eigenvalue weighted by Crippen LogP contribution is 2.27. The summed E-state index contributed by atoms with van der Waals surface area (Å²) in [5, 5.41) is 11.1. The number of ether oxygens (including phenoxy) is 1. The molecule has 0 radical (unpaired) electrons. The van der Waals surface area contributed by atoms with Crippen LogP contribution in [0.5, 0.6) is 0 Å². The second-order valence-corrected chi connectivity index (χ2v) is 5.35. The standard InChI is InChI=1S/C14H17BrN4O2/c1-4-21-13(20)11(9-6-5-7-10(15)8-9)12-17-18-14(16-2)19(12)3/h5-8,11H,4H2,1-3H3,(H,16,18). The number of esters is 1. The summed E-state index contributed by atoms with van der Waals surface area (Å²) in [5.74, 6) is 0.181. The Morgan fingerprint density at radius 2 is 2.24 bits per heavy atom. The van der Waals surface area contributed by atoms with E-state index in [-0.39, 0.29) is 5.97 Å². The Morgan fingerprint density at radius 1 is 1.48 bits per heavy atom. The number of carbonyl (C=O) groups excluding carboxylic acids is 1. The van der Waals surface area contributed by atoms with Gasteiger partial charge in [0, 0.05) is 18.6 Å². The number of anilines is 1. The number of hydrogen-bond acceptors (Lipinski definition) is 5. The maximum atomic E-state index is 12.4. The predicted octanol–water partition coefficient (Wildman–Crippen LogP) is 2.31. The van der Waals surface area contributed by atoms with Gasteiger partial charge in [-0.1, -0.05) is 28.1 Å². The van der Waals surface area contributed by atoms with Gasteiger partial charge in [-0.05, 0) is 24.6 Å². The first-order valence-corrected chi connectivity index (χ1v) is 7.37. The summed E-state index contributed by atoms with van der Waals surface area (Å²) < 4.78 is 7.84. The molecular formula is C14H17BrN4O2. The van der Waals surface area contributed by atoms with Crippen molar-refractivity contribution in [1.29, 1.82) is 0 Å². The van der Waals surface area contributed by atoms with Gasteiger partial charge in [-0.25, -0.2) is 0 Å². The lowest BCUT2D eigenvalue weighted by atomic mass is 9.98. The van der Waals surface area contributed by atoms with Crippen molar-refractivity contribution in [2.45, 2.75) is 12.8 Å². The third-order valence-electron chi connectivity index (χ3n) is 3.09. The van der Waals surface area contributed by atoms with Crippen LogP contribution in [0.4, 0.5) is 5.95 Å². The Labute approximate surface area is 131 Å². The average Bonchev–Trinajstić information content (AvgIpc) is 2.81. The molecule has 6 nitrogen and oxygen atoms in total. The van der Waals surface area contributed by atoms with Gasteiger partial charge in [0.05, 0.1) is 6.61 Å². The highest BCUT2D eigenvalue weighted by atomic mass is 79.9. The summed E-state index contributed by atoms with van der Waals surface area (Å²) in [6.07, 6.45) is 0. The van der Waals surface area contributed by atoms with Gasteiger partial charge in [0.25, 0.3) is 0 Å². The van der Waals surface area contributed by atoms with Gasteiger partial charge < -0.3 is 10.1 Å². The minimum Gasteiger partial charge on any atom is -0.465 e. The molecule has 7 heteroatoms. The maximum Gasteiger partial charge on any atom is 0.321 e. The fraction of sp³-hybridized carbons (Fsp3) is 0.357. The molecule has 0 fully saturated rings. The summed E-state index contributed by atoms with van der Waals surface area (Å²) in [6.45, 7) is 2.10. The van der Waals surface area contributed by atoms with Crippen molar-refractivity contribution in [3.8, 4) is 0 Å². The van der Waals surface area contributed by atoms with E-state index in [0.717, 1.165) is 10.0 Å². The lowest BCUT2D eigenvalue weighted by Gasteiger charge is -2.16. The fourth-order valence-corrected chi connectivity index (χ4v) is 2.53. The molecular weight excluding hydrogens is 336 g/mol. The van der Waals surface area contributed by atoms with Gasteiger partial charge in [-0.3, -0.25) is 9.36 Å². The first-order valence-electron chi connectivity index (χ1n) is 6.57. The molecule has 2 rings (SSSR count). The van der Waals surface area contributed by atoms with E-state index in [0.29, 0.717) is 18.4 Å². The van der Waals surface area contributed by atoms with Crippen molar-refractivity contribution in [3.05, 3.63) is 40.1 Å². The van der Waals surface area contributed by atoms with Gasteiger partial charge >= 0.3 is 5.97 Å². The van der Waals surface area contributed by atoms with E-state index in [2.05, 4.69) is 31.4 Å². The minimum atomic E-state index is -0.609. The van der Waals surface area contributed by atoms with E-state index in [1.165, 1.54) is 0 Å². The Bertz CT molecular complexity index is 642.